The lowest BCUT2D eigenvalue weighted by molar-refractivity contribution is -0.143. The maximum atomic E-state index is 12.5. The molecule has 0 aliphatic carbocycles. The fraction of sp³-hybridized carbons (Fsp3) is 0.471. The van der Waals surface area contributed by atoms with Crippen molar-refractivity contribution in [1.29, 1.82) is 0 Å². The Morgan fingerprint density at radius 1 is 1.16 bits per heavy atom. The van der Waals surface area contributed by atoms with Crippen LogP contribution >= 0.6 is 11.6 Å². The molecule has 25 heavy (non-hydrogen) atoms. The number of aliphatic carboxylic acids is 1. The number of carbonyl (C=O) groups is 3. The molecule has 1 aromatic carbocycles. The largest absolute Gasteiger partial charge is 0.481 e. The topological polar surface area (TPSA) is 89.9 Å². The number of anilines is 1. The Morgan fingerprint density at radius 2 is 1.88 bits per heavy atom. The van der Waals surface area contributed by atoms with Crippen LogP contribution in [0.4, 0.5) is 10.5 Å². The van der Waals surface area contributed by atoms with E-state index in [1.165, 1.54) is 4.90 Å². The summed E-state index contributed by atoms with van der Waals surface area (Å²) in [5.41, 5.74) is 0.745. The lowest BCUT2D eigenvalue weighted by atomic mass is 9.99. The Balaban J connectivity index is 1.60. The van der Waals surface area contributed by atoms with E-state index in [9.17, 15) is 14.4 Å². The molecule has 8 heteroatoms. The zero-order valence-electron chi connectivity index (χ0n) is 13.7. The molecule has 2 aliphatic heterocycles. The molecule has 0 spiro atoms. The van der Waals surface area contributed by atoms with E-state index in [1.54, 1.807) is 29.2 Å². The number of benzene rings is 1. The molecule has 7 nitrogen and oxygen atoms in total. The van der Waals surface area contributed by atoms with E-state index >= 15 is 0 Å². The highest BCUT2D eigenvalue weighted by atomic mass is 35.5. The number of nitrogens with zero attached hydrogens (tertiary/aromatic N) is 2. The number of carboxylic acid groups (broad SMARTS) is 1. The van der Waals surface area contributed by atoms with Gasteiger partial charge in [0.25, 0.3) is 0 Å². The van der Waals surface area contributed by atoms with Gasteiger partial charge in [0.05, 0.1) is 5.92 Å². The minimum Gasteiger partial charge on any atom is -0.481 e. The average Bonchev–Trinajstić information content (AvgIpc) is 2.96. The molecule has 2 heterocycles. The van der Waals surface area contributed by atoms with Gasteiger partial charge in [-0.3, -0.25) is 9.59 Å². The van der Waals surface area contributed by atoms with Gasteiger partial charge < -0.3 is 20.2 Å². The Hall–Kier alpha value is -2.28. The van der Waals surface area contributed by atoms with Crippen LogP contribution in [0.25, 0.3) is 0 Å². The Kier molecular flexibility index (Phi) is 5.13. The van der Waals surface area contributed by atoms with E-state index in [-0.39, 0.29) is 18.5 Å². The number of likely N-dealkylation sites (tertiary alicyclic amines) is 1. The number of nitrogens with one attached hydrogen (secondary N) is 1. The van der Waals surface area contributed by atoms with Crippen molar-refractivity contribution in [2.45, 2.75) is 25.3 Å². The van der Waals surface area contributed by atoms with Crippen LogP contribution in [0.15, 0.2) is 24.3 Å². The van der Waals surface area contributed by atoms with Crippen molar-refractivity contribution in [2.24, 2.45) is 5.92 Å². The highest BCUT2D eigenvalue weighted by Gasteiger charge is 2.35. The van der Waals surface area contributed by atoms with E-state index in [4.69, 9.17) is 16.7 Å². The summed E-state index contributed by atoms with van der Waals surface area (Å²) in [4.78, 5) is 39.2. The molecule has 0 saturated carbocycles. The summed E-state index contributed by atoms with van der Waals surface area (Å²) < 4.78 is 0. The third kappa shape index (κ3) is 3.87. The van der Waals surface area contributed by atoms with E-state index in [2.05, 4.69) is 5.32 Å². The van der Waals surface area contributed by atoms with Crippen LogP contribution in [-0.2, 0) is 9.59 Å². The molecule has 1 aromatic rings. The summed E-state index contributed by atoms with van der Waals surface area (Å²) in [7, 11) is 0. The minimum atomic E-state index is -0.886. The second-order valence-corrected chi connectivity index (χ2v) is 6.82. The summed E-state index contributed by atoms with van der Waals surface area (Å²) in [6.07, 6.45) is 1.75. The van der Waals surface area contributed by atoms with Gasteiger partial charge in [-0.15, -0.1) is 0 Å². The van der Waals surface area contributed by atoms with Crippen molar-refractivity contribution in [3.63, 3.8) is 0 Å². The molecule has 3 amide bonds. The van der Waals surface area contributed by atoms with Crippen LogP contribution < -0.4 is 10.2 Å². The van der Waals surface area contributed by atoms with Crippen LogP contribution in [0.3, 0.4) is 0 Å². The number of rotatable bonds is 3. The van der Waals surface area contributed by atoms with Crippen LogP contribution in [0.2, 0.25) is 5.02 Å². The highest BCUT2D eigenvalue weighted by Crippen LogP contribution is 2.24. The molecule has 3 rings (SSSR count). The molecular weight excluding hydrogens is 346 g/mol. The normalized spacial score (nSPS) is 23.6. The average molecular weight is 366 g/mol. The molecular formula is C17H20ClN3O4. The van der Waals surface area contributed by atoms with Gasteiger partial charge in [-0.2, -0.15) is 0 Å². The summed E-state index contributed by atoms with van der Waals surface area (Å²) in [5.74, 6) is -1.59. The molecule has 2 N–H and O–H groups in total. The maximum absolute atomic E-state index is 12.5. The fourth-order valence-electron chi connectivity index (χ4n) is 3.29. The van der Waals surface area contributed by atoms with Gasteiger partial charge in [-0.1, -0.05) is 11.6 Å². The third-order valence-electron chi connectivity index (χ3n) is 4.70. The van der Waals surface area contributed by atoms with Gasteiger partial charge in [0.1, 0.15) is 6.04 Å². The van der Waals surface area contributed by atoms with Gasteiger partial charge in [-0.25, -0.2) is 4.79 Å². The van der Waals surface area contributed by atoms with Crippen LogP contribution in [-0.4, -0.2) is 53.6 Å². The molecule has 2 aliphatic rings. The van der Waals surface area contributed by atoms with Crippen LogP contribution in [0.5, 0.6) is 0 Å². The number of urea groups is 1. The first kappa shape index (κ1) is 17.5. The number of amides is 3. The molecule has 134 valence electrons. The summed E-state index contributed by atoms with van der Waals surface area (Å²) in [6, 6.07) is 6.01. The summed E-state index contributed by atoms with van der Waals surface area (Å²) in [6.45, 7) is 1.21. The quantitative estimate of drug-likeness (QED) is 0.856. The standard InChI is InChI=1S/C17H20ClN3O4/c18-12-3-5-13(6-4-12)21-9-7-14(15(21)22)19-17(25)20-8-1-2-11(10-20)16(23)24/h3-6,11,14H,1-2,7-10H2,(H,19,25)(H,23,24). The number of carbonyl (C=O) groups excluding carboxylic acids is 2. The zero-order valence-corrected chi connectivity index (χ0v) is 14.4. The lowest BCUT2D eigenvalue weighted by Crippen LogP contribution is -2.51. The SMILES string of the molecule is O=C(O)C1CCCN(C(=O)NC2CCN(c3ccc(Cl)cc3)C2=O)C1. The summed E-state index contributed by atoms with van der Waals surface area (Å²) in [5, 5.41) is 12.5. The van der Waals surface area contributed by atoms with Gasteiger partial charge in [0.15, 0.2) is 0 Å². The second-order valence-electron chi connectivity index (χ2n) is 6.38. The smallest absolute Gasteiger partial charge is 0.318 e. The molecule has 2 atom stereocenters. The Bertz CT molecular complexity index is 679. The number of piperidine rings is 1. The van der Waals surface area contributed by atoms with Gasteiger partial charge in [0.2, 0.25) is 5.91 Å². The van der Waals surface area contributed by atoms with Crippen molar-refractivity contribution in [3.8, 4) is 0 Å². The Labute approximate surface area is 150 Å². The number of carboxylic acids is 1. The lowest BCUT2D eigenvalue weighted by Gasteiger charge is -2.31. The van der Waals surface area contributed by atoms with E-state index in [0.29, 0.717) is 37.4 Å². The number of hydrogen-bond donors (Lipinski definition) is 2. The third-order valence-corrected chi connectivity index (χ3v) is 4.95. The van der Waals surface area contributed by atoms with Crippen molar-refractivity contribution >= 4 is 35.2 Å². The van der Waals surface area contributed by atoms with Crippen molar-refractivity contribution in [2.75, 3.05) is 24.5 Å². The van der Waals surface area contributed by atoms with Crippen molar-refractivity contribution < 1.29 is 19.5 Å². The van der Waals surface area contributed by atoms with E-state index in [1.807, 2.05) is 0 Å². The maximum Gasteiger partial charge on any atom is 0.318 e. The van der Waals surface area contributed by atoms with Crippen LogP contribution in [0.1, 0.15) is 19.3 Å². The van der Waals surface area contributed by atoms with Gasteiger partial charge >= 0.3 is 12.0 Å². The molecule has 0 radical (unpaired) electrons. The zero-order chi connectivity index (χ0) is 18.0. The molecule has 2 fully saturated rings. The number of halogens is 1. The van der Waals surface area contributed by atoms with Crippen molar-refractivity contribution in [1.82, 2.24) is 10.2 Å². The van der Waals surface area contributed by atoms with E-state index < -0.39 is 17.9 Å². The second kappa shape index (κ2) is 7.31. The molecule has 0 bridgehead atoms. The number of hydrogen-bond acceptors (Lipinski definition) is 3. The van der Waals surface area contributed by atoms with Crippen LogP contribution in [0, 0.1) is 5.92 Å². The predicted molar refractivity (Wildman–Crippen MR) is 92.7 cm³/mol. The Morgan fingerprint density at radius 3 is 2.56 bits per heavy atom. The first-order valence-electron chi connectivity index (χ1n) is 8.31. The van der Waals surface area contributed by atoms with Gasteiger partial charge in [0, 0.05) is 30.3 Å². The van der Waals surface area contributed by atoms with Gasteiger partial charge in [-0.05, 0) is 43.5 Å². The first-order valence-corrected chi connectivity index (χ1v) is 8.68. The predicted octanol–water partition coefficient (Wildman–Crippen LogP) is 1.95. The molecule has 2 unspecified atom stereocenters. The van der Waals surface area contributed by atoms with E-state index in [0.717, 1.165) is 5.69 Å². The fourth-order valence-corrected chi connectivity index (χ4v) is 3.42. The first-order chi connectivity index (χ1) is 12.0. The monoisotopic (exact) mass is 365 g/mol. The summed E-state index contributed by atoms with van der Waals surface area (Å²) >= 11 is 5.86. The highest BCUT2D eigenvalue weighted by molar-refractivity contribution is 6.30. The minimum absolute atomic E-state index is 0.164. The molecule has 0 aromatic heterocycles. The van der Waals surface area contributed by atoms with Crippen molar-refractivity contribution in [3.05, 3.63) is 29.3 Å². The molecule has 2 saturated heterocycles.